The predicted octanol–water partition coefficient (Wildman–Crippen LogP) is 1.75. The molecule has 0 bridgehead atoms. The van der Waals surface area contributed by atoms with Gasteiger partial charge in [-0.3, -0.25) is 5.43 Å². The van der Waals surface area contributed by atoms with Crippen LogP contribution in [0.25, 0.3) is 0 Å². The normalized spacial score (nSPS) is 15.2. The van der Waals surface area contributed by atoms with Gasteiger partial charge in [0, 0.05) is 19.6 Å². The van der Waals surface area contributed by atoms with E-state index in [0.29, 0.717) is 17.8 Å². The zero-order valence-corrected chi connectivity index (χ0v) is 12.2. The number of anilines is 3. The SMILES string of the molecule is CCCCCNc1nc(NN)nc(N2CCCCC2)n1. The van der Waals surface area contributed by atoms with E-state index in [1.807, 2.05) is 0 Å². The highest BCUT2D eigenvalue weighted by Gasteiger charge is 2.15. The second kappa shape index (κ2) is 7.84. The second-order valence-corrected chi connectivity index (χ2v) is 5.11. The lowest BCUT2D eigenvalue weighted by Crippen LogP contribution is -2.31. The van der Waals surface area contributed by atoms with Gasteiger partial charge in [0.2, 0.25) is 17.8 Å². The van der Waals surface area contributed by atoms with Crippen molar-refractivity contribution < 1.29 is 0 Å². The van der Waals surface area contributed by atoms with Crippen molar-refractivity contribution in [2.45, 2.75) is 45.4 Å². The molecule has 4 N–H and O–H groups in total. The van der Waals surface area contributed by atoms with Gasteiger partial charge in [-0.05, 0) is 25.7 Å². The Morgan fingerprint density at radius 1 is 1.05 bits per heavy atom. The first kappa shape index (κ1) is 14.8. The number of unbranched alkanes of at least 4 members (excludes halogenated alkanes) is 2. The molecule has 1 aromatic heterocycles. The molecular weight excluding hydrogens is 254 g/mol. The Morgan fingerprint density at radius 2 is 1.80 bits per heavy atom. The number of nitrogen functional groups attached to an aromatic ring is 1. The first-order valence-electron chi connectivity index (χ1n) is 7.55. The number of aromatic nitrogens is 3. The standard InChI is InChI=1S/C13H25N7/c1-2-3-5-8-15-11-16-12(19-14)18-13(17-11)20-9-6-4-7-10-20/h2-10,14H2,1H3,(H2,15,16,17,18,19). The van der Waals surface area contributed by atoms with E-state index >= 15 is 0 Å². The lowest BCUT2D eigenvalue weighted by atomic mass is 10.1. The molecule has 1 saturated heterocycles. The number of piperidine rings is 1. The fraction of sp³-hybridized carbons (Fsp3) is 0.769. The molecule has 2 rings (SSSR count). The van der Waals surface area contributed by atoms with Gasteiger partial charge in [-0.15, -0.1) is 0 Å². The first-order valence-corrected chi connectivity index (χ1v) is 7.55. The van der Waals surface area contributed by atoms with Crippen molar-refractivity contribution in [2.75, 3.05) is 35.3 Å². The van der Waals surface area contributed by atoms with E-state index in [-0.39, 0.29) is 0 Å². The van der Waals surface area contributed by atoms with E-state index in [1.54, 1.807) is 0 Å². The molecule has 7 heteroatoms. The van der Waals surface area contributed by atoms with Crippen LogP contribution >= 0.6 is 0 Å². The molecule has 2 heterocycles. The van der Waals surface area contributed by atoms with Crippen molar-refractivity contribution in [2.24, 2.45) is 5.84 Å². The maximum absolute atomic E-state index is 5.44. The summed E-state index contributed by atoms with van der Waals surface area (Å²) in [6, 6.07) is 0. The highest BCUT2D eigenvalue weighted by atomic mass is 15.4. The van der Waals surface area contributed by atoms with E-state index in [0.717, 1.165) is 26.1 Å². The third kappa shape index (κ3) is 4.19. The summed E-state index contributed by atoms with van der Waals surface area (Å²) in [5.74, 6) is 7.17. The minimum Gasteiger partial charge on any atom is -0.354 e. The van der Waals surface area contributed by atoms with Crippen LogP contribution in [0, 0.1) is 0 Å². The van der Waals surface area contributed by atoms with Crippen LogP contribution in [0.5, 0.6) is 0 Å². The smallest absolute Gasteiger partial charge is 0.243 e. The Balaban J connectivity index is 2.03. The van der Waals surface area contributed by atoms with Crippen molar-refractivity contribution in [3.63, 3.8) is 0 Å². The zero-order chi connectivity index (χ0) is 14.2. The fourth-order valence-corrected chi connectivity index (χ4v) is 2.32. The van der Waals surface area contributed by atoms with Crippen LogP contribution in [0.4, 0.5) is 17.8 Å². The van der Waals surface area contributed by atoms with Crippen molar-refractivity contribution in [3.8, 4) is 0 Å². The Bertz CT molecular complexity index is 404. The molecule has 1 aromatic rings. The van der Waals surface area contributed by atoms with E-state index < -0.39 is 0 Å². The van der Waals surface area contributed by atoms with Gasteiger partial charge < -0.3 is 10.2 Å². The van der Waals surface area contributed by atoms with Crippen molar-refractivity contribution >= 4 is 17.8 Å². The van der Waals surface area contributed by atoms with Crippen LogP contribution < -0.4 is 21.5 Å². The molecule has 0 amide bonds. The zero-order valence-electron chi connectivity index (χ0n) is 12.2. The number of hydrogen-bond acceptors (Lipinski definition) is 7. The van der Waals surface area contributed by atoms with Crippen LogP contribution in [0.2, 0.25) is 0 Å². The van der Waals surface area contributed by atoms with Gasteiger partial charge in [-0.25, -0.2) is 5.84 Å². The minimum absolute atomic E-state index is 0.415. The summed E-state index contributed by atoms with van der Waals surface area (Å²) >= 11 is 0. The molecule has 1 aliphatic heterocycles. The molecule has 0 aromatic carbocycles. The van der Waals surface area contributed by atoms with Gasteiger partial charge in [0.1, 0.15) is 0 Å². The van der Waals surface area contributed by atoms with Crippen LogP contribution in [0.1, 0.15) is 45.4 Å². The van der Waals surface area contributed by atoms with Gasteiger partial charge in [0.25, 0.3) is 0 Å². The molecule has 7 nitrogen and oxygen atoms in total. The predicted molar refractivity (Wildman–Crippen MR) is 81.7 cm³/mol. The second-order valence-electron chi connectivity index (χ2n) is 5.11. The fourth-order valence-electron chi connectivity index (χ4n) is 2.32. The summed E-state index contributed by atoms with van der Waals surface area (Å²) < 4.78 is 0. The van der Waals surface area contributed by atoms with Crippen molar-refractivity contribution in [1.29, 1.82) is 0 Å². The lowest BCUT2D eigenvalue weighted by molar-refractivity contribution is 0.567. The van der Waals surface area contributed by atoms with Crippen LogP contribution in [-0.2, 0) is 0 Å². The molecular formula is C13H25N7. The molecule has 0 atom stereocenters. The molecule has 0 unspecified atom stereocenters. The molecule has 1 fully saturated rings. The van der Waals surface area contributed by atoms with Gasteiger partial charge in [0.15, 0.2) is 0 Å². The van der Waals surface area contributed by atoms with E-state index in [1.165, 1.54) is 32.1 Å². The van der Waals surface area contributed by atoms with Gasteiger partial charge in [-0.1, -0.05) is 19.8 Å². The van der Waals surface area contributed by atoms with Crippen LogP contribution in [0.15, 0.2) is 0 Å². The highest BCUT2D eigenvalue weighted by molar-refractivity contribution is 5.43. The molecule has 0 aliphatic carbocycles. The quantitative estimate of drug-likeness (QED) is 0.398. The van der Waals surface area contributed by atoms with E-state index in [4.69, 9.17) is 5.84 Å². The Morgan fingerprint density at radius 3 is 2.50 bits per heavy atom. The van der Waals surface area contributed by atoms with Gasteiger partial charge >= 0.3 is 0 Å². The van der Waals surface area contributed by atoms with Crippen molar-refractivity contribution in [1.82, 2.24) is 15.0 Å². The molecule has 0 radical (unpaired) electrons. The molecule has 0 spiro atoms. The number of hydrogen-bond donors (Lipinski definition) is 3. The molecule has 112 valence electrons. The van der Waals surface area contributed by atoms with Gasteiger partial charge in [-0.2, -0.15) is 15.0 Å². The summed E-state index contributed by atoms with van der Waals surface area (Å²) in [4.78, 5) is 15.3. The average molecular weight is 279 g/mol. The van der Waals surface area contributed by atoms with Crippen LogP contribution in [0.3, 0.4) is 0 Å². The molecule has 0 saturated carbocycles. The monoisotopic (exact) mass is 279 g/mol. The van der Waals surface area contributed by atoms with Crippen molar-refractivity contribution in [3.05, 3.63) is 0 Å². The average Bonchev–Trinajstić information content (AvgIpc) is 2.52. The summed E-state index contributed by atoms with van der Waals surface area (Å²) in [5, 5.41) is 3.25. The largest absolute Gasteiger partial charge is 0.354 e. The highest BCUT2D eigenvalue weighted by Crippen LogP contribution is 2.18. The summed E-state index contributed by atoms with van der Waals surface area (Å²) in [6.07, 6.45) is 7.19. The van der Waals surface area contributed by atoms with E-state index in [9.17, 15) is 0 Å². The topological polar surface area (TPSA) is 92.0 Å². The van der Waals surface area contributed by atoms with Gasteiger partial charge in [0.05, 0.1) is 0 Å². The number of nitrogens with zero attached hydrogens (tertiary/aromatic N) is 4. The maximum Gasteiger partial charge on any atom is 0.243 e. The summed E-state index contributed by atoms with van der Waals surface area (Å²) in [7, 11) is 0. The third-order valence-corrected chi connectivity index (χ3v) is 3.46. The van der Waals surface area contributed by atoms with E-state index in [2.05, 4.69) is 37.5 Å². The summed E-state index contributed by atoms with van der Waals surface area (Å²) in [6.45, 7) is 5.07. The third-order valence-electron chi connectivity index (χ3n) is 3.46. The number of rotatable bonds is 7. The maximum atomic E-state index is 5.44. The Kier molecular flexibility index (Phi) is 5.79. The summed E-state index contributed by atoms with van der Waals surface area (Å²) in [5.41, 5.74) is 2.52. The van der Waals surface area contributed by atoms with Crippen LogP contribution in [-0.4, -0.2) is 34.6 Å². The Labute approximate surface area is 120 Å². The molecule has 20 heavy (non-hydrogen) atoms. The number of hydrazine groups is 1. The lowest BCUT2D eigenvalue weighted by Gasteiger charge is -2.26. The number of nitrogens with one attached hydrogen (secondary N) is 2. The number of nitrogens with two attached hydrogens (primary N) is 1. The first-order chi connectivity index (χ1) is 9.83. The minimum atomic E-state index is 0.415. The Hall–Kier alpha value is -1.63. The molecule has 1 aliphatic rings.